The molecule has 4 nitrogen and oxygen atoms in total. The second-order valence-electron chi connectivity index (χ2n) is 7.54. The summed E-state index contributed by atoms with van der Waals surface area (Å²) in [4.78, 5) is 26.4. The highest BCUT2D eigenvalue weighted by Gasteiger charge is 2.34. The summed E-state index contributed by atoms with van der Waals surface area (Å²) >= 11 is 0. The predicted molar refractivity (Wildman–Crippen MR) is 102 cm³/mol. The lowest BCUT2D eigenvalue weighted by Crippen LogP contribution is -2.41. The number of nitrogens with zero attached hydrogens (tertiary/aromatic N) is 1. The average molecular weight is 352 g/mol. The Kier molecular flexibility index (Phi) is 11.3. The number of allylic oxidation sites excluding steroid dienone is 1. The van der Waals surface area contributed by atoms with Gasteiger partial charge in [0.05, 0.1) is 6.61 Å². The summed E-state index contributed by atoms with van der Waals surface area (Å²) in [6.07, 6.45) is 13.1. The van der Waals surface area contributed by atoms with Crippen LogP contribution in [0.2, 0.25) is 0 Å². The van der Waals surface area contributed by atoms with Gasteiger partial charge in [-0.05, 0) is 44.4 Å². The number of esters is 1. The molecule has 144 valence electrons. The van der Waals surface area contributed by atoms with Crippen LogP contribution in [0, 0.1) is 5.92 Å². The molecule has 0 aromatic heterocycles. The van der Waals surface area contributed by atoms with Crippen LogP contribution in [0.25, 0.3) is 0 Å². The molecule has 1 fully saturated rings. The second-order valence-corrected chi connectivity index (χ2v) is 7.54. The molecule has 1 aliphatic heterocycles. The van der Waals surface area contributed by atoms with E-state index in [1.165, 1.54) is 25.7 Å². The zero-order chi connectivity index (χ0) is 18.5. The smallest absolute Gasteiger partial charge is 0.328 e. The molecule has 0 N–H and O–H groups in total. The fourth-order valence-electron chi connectivity index (χ4n) is 3.22. The molecule has 0 spiro atoms. The van der Waals surface area contributed by atoms with Crippen molar-refractivity contribution in [1.82, 2.24) is 4.90 Å². The number of amides is 1. The van der Waals surface area contributed by atoms with Gasteiger partial charge < -0.3 is 9.64 Å². The Morgan fingerprint density at radius 2 is 1.84 bits per heavy atom. The van der Waals surface area contributed by atoms with Crippen LogP contribution in [0.15, 0.2) is 12.7 Å². The van der Waals surface area contributed by atoms with Gasteiger partial charge in [-0.1, -0.05) is 45.6 Å². The SMILES string of the molecule is C=CCCCCCCCCC(=O)N1CCCC1C(=O)OCCC(C)C. The first-order valence-electron chi connectivity index (χ1n) is 10.1. The van der Waals surface area contributed by atoms with E-state index in [1.807, 2.05) is 6.08 Å². The Morgan fingerprint density at radius 1 is 1.16 bits per heavy atom. The number of likely N-dealkylation sites (tertiary alicyclic amines) is 1. The summed E-state index contributed by atoms with van der Waals surface area (Å²) in [5.41, 5.74) is 0. The van der Waals surface area contributed by atoms with Crippen LogP contribution in [0.5, 0.6) is 0 Å². The molecule has 1 heterocycles. The van der Waals surface area contributed by atoms with Crippen molar-refractivity contribution in [3.05, 3.63) is 12.7 Å². The van der Waals surface area contributed by atoms with Crippen LogP contribution in [0.4, 0.5) is 0 Å². The third-order valence-corrected chi connectivity index (χ3v) is 4.83. The molecule has 0 aromatic carbocycles. The topological polar surface area (TPSA) is 46.6 Å². The minimum atomic E-state index is -0.349. The number of carbonyl (C=O) groups is 2. The molecule has 4 heteroatoms. The molecule has 25 heavy (non-hydrogen) atoms. The van der Waals surface area contributed by atoms with E-state index in [9.17, 15) is 9.59 Å². The Bertz CT molecular complexity index is 406. The van der Waals surface area contributed by atoms with Crippen LogP contribution in [0.1, 0.15) is 84.5 Å². The Hall–Kier alpha value is -1.32. The molecule has 0 aliphatic carbocycles. The molecule has 1 amide bonds. The molecule has 1 atom stereocenters. The van der Waals surface area contributed by atoms with Gasteiger partial charge in [0.15, 0.2) is 0 Å². The highest BCUT2D eigenvalue weighted by Crippen LogP contribution is 2.21. The molecular weight excluding hydrogens is 314 g/mol. The van der Waals surface area contributed by atoms with Crippen LogP contribution in [-0.2, 0) is 14.3 Å². The minimum absolute atomic E-state index is 0.120. The van der Waals surface area contributed by atoms with E-state index in [0.717, 1.165) is 38.5 Å². The summed E-state index contributed by atoms with van der Waals surface area (Å²) in [5, 5.41) is 0. The van der Waals surface area contributed by atoms with Gasteiger partial charge in [0.2, 0.25) is 5.91 Å². The predicted octanol–water partition coefficient (Wildman–Crippen LogP) is 4.87. The molecular formula is C21H37NO3. The van der Waals surface area contributed by atoms with Gasteiger partial charge in [0.1, 0.15) is 6.04 Å². The van der Waals surface area contributed by atoms with Crippen molar-refractivity contribution in [2.24, 2.45) is 5.92 Å². The van der Waals surface area contributed by atoms with Crippen molar-refractivity contribution < 1.29 is 14.3 Å². The monoisotopic (exact) mass is 351 g/mol. The first-order chi connectivity index (χ1) is 12.1. The van der Waals surface area contributed by atoms with Crippen LogP contribution < -0.4 is 0 Å². The molecule has 0 saturated carbocycles. The quantitative estimate of drug-likeness (QED) is 0.270. The van der Waals surface area contributed by atoms with E-state index in [2.05, 4.69) is 20.4 Å². The molecule has 0 radical (unpaired) electrons. The number of ether oxygens (including phenoxy) is 1. The fraction of sp³-hybridized carbons (Fsp3) is 0.810. The first kappa shape index (κ1) is 21.7. The zero-order valence-electron chi connectivity index (χ0n) is 16.3. The van der Waals surface area contributed by atoms with E-state index >= 15 is 0 Å². The lowest BCUT2D eigenvalue weighted by molar-refractivity contribution is -0.153. The van der Waals surface area contributed by atoms with Crippen LogP contribution in [-0.4, -0.2) is 36.0 Å². The van der Waals surface area contributed by atoms with Gasteiger partial charge in [-0.15, -0.1) is 6.58 Å². The second kappa shape index (κ2) is 13.0. The lowest BCUT2D eigenvalue weighted by atomic mass is 10.1. The van der Waals surface area contributed by atoms with Crippen molar-refractivity contribution in [3.8, 4) is 0 Å². The fourth-order valence-corrected chi connectivity index (χ4v) is 3.22. The standard InChI is InChI=1S/C21H37NO3/c1-4-5-6-7-8-9-10-11-14-20(23)22-16-12-13-19(22)21(24)25-17-15-18(2)3/h4,18-19H,1,5-17H2,2-3H3. The van der Waals surface area contributed by atoms with Gasteiger partial charge in [0.25, 0.3) is 0 Å². The lowest BCUT2D eigenvalue weighted by Gasteiger charge is -2.23. The van der Waals surface area contributed by atoms with Crippen molar-refractivity contribution in [1.29, 1.82) is 0 Å². The summed E-state index contributed by atoms with van der Waals surface area (Å²) in [7, 11) is 0. The van der Waals surface area contributed by atoms with Crippen molar-refractivity contribution in [3.63, 3.8) is 0 Å². The first-order valence-corrected chi connectivity index (χ1v) is 10.1. The average Bonchev–Trinajstić information content (AvgIpc) is 3.06. The van der Waals surface area contributed by atoms with Gasteiger partial charge >= 0.3 is 5.97 Å². The summed E-state index contributed by atoms with van der Waals surface area (Å²) in [6, 6.07) is -0.349. The third-order valence-electron chi connectivity index (χ3n) is 4.83. The van der Waals surface area contributed by atoms with E-state index in [0.29, 0.717) is 25.5 Å². The number of rotatable bonds is 13. The zero-order valence-corrected chi connectivity index (χ0v) is 16.3. The van der Waals surface area contributed by atoms with Gasteiger partial charge in [-0.3, -0.25) is 4.79 Å². The van der Waals surface area contributed by atoms with E-state index in [4.69, 9.17) is 4.74 Å². The molecule has 1 unspecified atom stereocenters. The van der Waals surface area contributed by atoms with Crippen LogP contribution in [0.3, 0.4) is 0 Å². The van der Waals surface area contributed by atoms with Gasteiger partial charge in [-0.2, -0.15) is 0 Å². The van der Waals surface area contributed by atoms with Crippen molar-refractivity contribution in [2.45, 2.75) is 90.5 Å². The molecule has 0 bridgehead atoms. The number of unbranched alkanes of at least 4 members (excludes halogenated alkanes) is 6. The Labute approximate surface area is 154 Å². The maximum atomic E-state index is 12.4. The normalized spacial score (nSPS) is 17.1. The summed E-state index contributed by atoms with van der Waals surface area (Å²) < 4.78 is 5.37. The molecule has 1 saturated heterocycles. The van der Waals surface area contributed by atoms with Crippen molar-refractivity contribution in [2.75, 3.05) is 13.2 Å². The summed E-state index contributed by atoms with van der Waals surface area (Å²) in [6.45, 7) is 9.11. The number of hydrogen-bond donors (Lipinski definition) is 0. The van der Waals surface area contributed by atoms with Gasteiger partial charge in [-0.25, -0.2) is 4.79 Å². The number of carbonyl (C=O) groups excluding carboxylic acids is 2. The van der Waals surface area contributed by atoms with E-state index < -0.39 is 0 Å². The molecule has 1 rings (SSSR count). The number of hydrogen-bond acceptors (Lipinski definition) is 3. The minimum Gasteiger partial charge on any atom is -0.464 e. The van der Waals surface area contributed by atoms with Crippen LogP contribution >= 0.6 is 0 Å². The summed E-state index contributed by atoms with van der Waals surface area (Å²) in [5.74, 6) is 0.426. The Balaban J connectivity index is 2.20. The highest BCUT2D eigenvalue weighted by atomic mass is 16.5. The van der Waals surface area contributed by atoms with Crippen molar-refractivity contribution >= 4 is 11.9 Å². The maximum absolute atomic E-state index is 12.4. The Morgan fingerprint density at radius 3 is 2.52 bits per heavy atom. The molecule has 1 aliphatic rings. The third kappa shape index (κ3) is 9.08. The highest BCUT2D eigenvalue weighted by molar-refractivity contribution is 5.85. The molecule has 0 aromatic rings. The largest absolute Gasteiger partial charge is 0.464 e. The maximum Gasteiger partial charge on any atom is 0.328 e. The van der Waals surface area contributed by atoms with E-state index in [-0.39, 0.29) is 17.9 Å². The van der Waals surface area contributed by atoms with Gasteiger partial charge in [0, 0.05) is 13.0 Å². The van der Waals surface area contributed by atoms with E-state index in [1.54, 1.807) is 4.90 Å².